The molecule has 23 heavy (non-hydrogen) atoms. The van der Waals surface area contributed by atoms with Crippen LogP contribution in [0.15, 0.2) is 4.34 Å². The molecule has 0 saturated carbocycles. The molecule has 1 aromatic heterocycles. The van der Waals surface area contributed by atoms with E-state index in [-0.39, 0.29) is 5.91 Å². The summed E-state index contributed by atoms with van der Waals surface area (Å²) in [6.07, 6.45) is -0.470. The monoisotopic (exact) mass is 376 g/mol. The second kappa shape index (κ2) is 7.71. The van der Waals surface area contributed by atoms with E-state index in [0.717, 1.165) is 10.1 Å². The fourth-order valence-corrected chi connectivity index (χ4v) is 4.59. The fourth-order valence-electron chi connectivity index (χ4n) is 1.79. The van der Waals surface area contributed by atoms with Gasteiger partial charge in [0.1, 0.15) is 11.6 Å². The number of ether oxygens (including phenoxy) is 1. The van der Waals surface area contributed by atoms with Gasteiger partial charge in [-0.1, -0.05) is 30.0 Å². The van der Waals surface area contributed by atoms with Crippen molar-refractivity contribution < 1.29 is 14.3 Å². The number of carbonyl (C=O) groups is 2. The third-order valence-electron chi connectivity index (χ3n) is 2.72. The molecule has 1 N–H and O–H groups in total. The van der Waals surface area contributed by atoms with Gasteiger partial charge in [0.2, 0.25) is 11.0 Å². The van der Waals surface area contributed by atoms with E-state index >= 15 is 0 Å². The van der Waals surface area contributed by atoms with Crippen LogP contribution in [-0.2, 0) is 9.53 Å². The average molecular weight is 377 g/mol. The third kappa shape index (κ3) is 5.25. The number of carbonyl (C=O) groups excluding carboxylic acids is 2. The molecule has 1 aromatic rings. The zero-order chi connectivity index (χ0) is 17.0. The van der Waals surface area contributed by atoms with Crippen molar-refractivity contribution in [2.24, 2.45) is 0 Å². The summed E-state index contributed by atoms with van der Waals surface area (Å²) in [6, 6.07) is -0.555. The highest BCUT2D eigenvalue weighted by atomic mass is 32.2. The Morgan fingerprint density at radius 1 is 1.43 bits per heavy atom. The number of amides is 2. The minimum absolute atomic E-state index is 0.259. The molecule has 0 spiro atoms. The van der Waals surface area contributed by atoms with E-state index in [0.29, 0.717) is 16.8 Å². The van der Waals surface area contributed by atoms with Crippen molar-refractivity contribution in [3.63, 3.8) is 0 Å². The summed E-state index contributed by atoms with van der Waals surface area (Å²) in [5.41, 5.74) is -0.586. The van der Waals surface area contributed by atoms with Crippen molar-refractivity contribution in [3.8, 4) is 0 Å². The molecule has 1 saturated heterocycles. The van der Waals surface area contributed by atoms with E-state index in [1.54, 1.807) is 32.5 Å². The molecule has 0 bridgehead atoms. The molecular formula is C13H20N4O3S3. The number of anilines is 1. The summed E-state index contributed by atoms with van der Waals surface area (Å²) in [5.74, 6) is 1.62. The van der Waals surface area contributed by atoms with Crippen molar-refractivity contribution in [1.29, 1.82) is 0 Å². The second-order valence-corrected chi connectivity index (χ2v) is 9.25. The van der Waals surface area contributed by atoms with Crippen LogP contribution in [0.3, 0.4) is 0 Å². The van der Waals surface area contributed by atoms with Gasteiger partial charge in [-0.3, -0.25) is 15.0 Å². The molecular weight excluding hydrogens is 356 g/mol. The van der Waals surface area contributed by atoms with E-state index in [4.69, 9.17) is 4.74 Å². The van der Waals surface area contributed by atoms with E-state index in [9.17, 15) is 9.59 Å². The number of aromatic nitrogens is 2. The van der Waals surface area contributed by atoms with Gasteiger partial charge in [-0.15, -0.1) is 22.0 Å². The van der Waals surface area contributed by atoms with Gasteiger partial charge >= 0.3 is 6.09 Å². The Balaban J connectivity index is 1.98. The number of thioether (sulfide) groups is 2. The largest absolute Gasteiger partial charge is 0.444 e. The SMILES string of the molecule is CCSc1nnc(NC(=O)[C@@H]2CSCN2C(=O)OC(C)(C)C)s1. The van der Waals surface area contributed by atoms with Crippen molar-refractivity contribution in [2.45, 2.75) is 43.7 Å². The maximum absolute atomic E-state index is 12.4. The van der Waals surface area contributed by atoms with Crippen LogP contribution in [0.1, 0.15) is 27.7 Å². The van der Waals surface area contributed by atoms with Crippen LogP contribution in [-0.4, -0.2) is 56.1 Å². The van der Waals surface area contributed by atoms with Crippen molar-refractivity contribution in [2.75, 3.05) is 22.7 Å². The molecule has 2 heterocycles. The van der Waals surface area contributed by atoms with Gasteiger partial charge in [-0.25, -0.2) is 4.79 Å². The highest BCUT2D eigenvalue weighted by Crippen LogP contribution is 2.27. The summed E-state index contributed by atoms with van der Waals surface area (Å²) < 4.78 is 6.17. The Morgan fingerprint density at radius 2 is 2.17 bits per heavy atom. The fraction of sp³-hybridized carbons (Fsp3) is 0.692. The van der Waals surface area contributed by atoms with Crippen molar-refractivity contribution in [1.82, 2.24) is 15.1 Å². The highest BCUT2D eigenvalue weighted by molar-refractivity contribution is 8.01. The van der Waals surface area contributed by atoms with Crippen LogP contribution in [0.4, 0.5) is 9.93 Å². The molecule has 1 fully saturated rings. The van der Waals surface area contributed by atoms with E-state index < -0.39 is 17.7 Å². The first-order valence-corrected chi connectivity index (χ1v) is 10.1. The van der Waals surface area contributed by atoms with E-state index in [2.05, 4.69) is 15.5 Å². The molecule has 2 rings (SSSR count). The average Bonchev–Trinajstić information content (AvgIpc) is 3.06. The van der Waals surface area contributed by atoms with Crippen LogP contribution in [0.2, 0.25) is 0 Å². The van der Waals surface area contributed by atoms with Gasteiger partial charge in [0, 0.05) is 5.75 Å². The first kappa shape index (κ1) is 18.3. The predicted molar refractivity (Wildman–Crippen MR) is 94.1 cm³/mol. The molecule has 1 aliphatic rings. The van der Waals surface area contributed by atoms with Gasteiger partial charge in [0.25, 0.3) is 0 Å². The smallest absolute Gasteiger partial charge is 0.411 e. The number of nitrogens with one attached hydrogen (secondary N) is 1. The summed E-state index contributed by atoms with van der Waals surface area (Å²) in [6.45, 7) is 7.44. The molecule has 0 unspecified atom stereocenters. The molecule has 0 aliphatic carbocycles. The Labute approximate surface area is 147 Å². The lowest BCUT2D eigenvalue weighted by atomic mass is 10.2. The lowest BCUT2D eigenvalue weighted by molar-refractivity contribution is -0.120. The van der Waals surface area contributed by atoms with Crippen LogP contribution < -0.4 is 5.32 Å². The van der Waals surface area contributed by atoms with Gasteiger partial charge < -0.3 is 4.74 Å². The minimum Gasteiger partial charge on any atom is -0.444 e. The lowest BCUT2D eigenvalue weighted by Gasteiger charge is -2.27. The normalized spacial score (nSPS) is 18.1. The standard InChI is InChI=1S/C13H20N4O3S3/c1-5-22-11-16-15-10(23-11)14-9(18)8-6-21-7-17(8)12(19)20-13(2,3)4/h8H,5-7H2,1-4H3,(H,14,15,18)/t8-/m0/s1. The number of hydrogen-bond donors (Lipinski definition) is 1. The molecule has 0 radical (unpaired) electrons. The third-order valence-corrected chi connectivity index (χ3v) is 5.58. The maximum atomic E-state index is 12.4. The molecule has 7 nitrogen and oxygen atoms in total. The van der Waals surface area contributed by atoms with Gasteiger partial charge in [0.05, 0.1) is 5.88 Å². The Bertz CT molecular complexity index is 573. The van der Waals surface area contributed by atoms with Crippen LogP contribution in [0, 0.1) is 0 Å². The van der Waals surface area contributed by atoms with Gasteiger partial charge in [0.15, 0.2) is 4.34 Å². The lowest BCUT2D eigenvalue weighted by Crippen LogP contribution is -2.46. The summed E-state index contributed by atoms with van der Waals surface area (Å²) in [5, 5.41) is 11.1. The first-order valence-electron chi connectivity index (χ1n) is 7.14. The molecule has 1 aliphatic heterocycles. The first-order chi connectivity index (χ1) is 10.8. The summed E-state index contributed by atoms with van der Waals surface area (Å²) >= 11 is 4.43. The number of nitrogens with zero attached hydrogens (tertiary/aromatic N) is 3. The summed E-state index contributed by atoms with van der Waals surface area (Å²) in [7, 11) is 0. The molecule has 0 aromatic carbocycles. The Kier molecular flexibility index (Phi) is 6.15. The highest BCUT2D eigenvalue weighted by Gasteiger charge is 2.37. The zero-order valence-corrected chi connectivity index (χ0v) is 15.9. The molecule has 128 valence electrons. The topological polar surface area (TPSA) is 84.4 Å². The predicted octanol–water partition coefficient (Wildman–Crippen LogP) is 2.90. The van der Waals surface area contributed by atoms with Crippen LogP contribution >= 0.6 is 34.9 Å². The summed E-state index contributed by atoms with van der Waals surface area (Å²) in [4.78, 5) is 26.1. The second-order valence-electron chi connectivity index (χ2n) is 5.76. The zero-order valence-electron chi connectivity index (χ0n) is 13.5. The van der Waals surface area contributed by atoms with Crippen molar-refractivity contribution >= 4 is 52.0 Å². The minimum atomic E-state index is -0.586. The van der Waals surface area contributed by atoms with E-state index in [1.165, 1.54) is 28.0 Å². The Hall–Kier alpha value is -1.00. The van der Waals surface area contributed by atoms with Crippen molar-refractivity contribution in [3.05, 3.63) is 0 Å². The van der Waals surface area contributed by atoms with E-state index in [1.807, 2.05) is 6.92 Å². The van der Waals surface area contributed by atoms with Crippen LogP contribution in [0.5, 0.6) is 0 Å². The maximum Gasteiger partial charge on any atom is 0.411 e. The van der Waals surface area contributed by atoms with Crippen LogP contribution in [0.25, 0.3) is 0 Å². The molecule has 1 atom stereocenters. The number of hydrogen-bond acceptors (Lipinski definition) is 8. The quantitative estimate of drug-likeness (QED) is 0.639. The molecule has 10 heteroatoms. The van der Waals surface area contributed by atoms with Gasteiger partial charge in [-0.2, -0.15) is 0 Å². The van der Waals surface area contributed by atoms with Gasteiger partial charge in [-0.05, 0) is 26.5 Å². The molecule has 2 amide bonds. The number of rotatable bonds is 4. The Morgan fingerprint density at radius 3 is 2.83 bits per heavy atom.